The Morgan fingerprint density at radius 2 is 1.73 bits per heavy atom. The molecule has 3 nitrogen and oxygen atoms in total. The molecule has 0 atom stereocenters. The number of nitrogens with zero attached hydrogens (tertiary/aromatic N) is 2. The molecule has 0 saturated carbocycles. The second-order valence-corrected chi connectivity index (χ2v) is 7.79. The van der Waals surface area contributed by atoms with Crippen LogP contribution in [0.4, 0.5) is 5.69 Å². The van der Waals surface area contributed by atoms with Gasteiger partial charge in [0.05, 0.1) is 0 Å². The van der Waals surface area contributed by atoms with Gasteiger partial charge in [-0.25, -0.2) is 0 Å². The second-order valence-electron chi connectivity index (χ2n) is 7.22. The number of anilines is 1. The third-order valence-electron chi connectivity index (χ3n) is 6.13. The van der Waals surface area contributed by atoms with Crippen molar-refractivity contribution in [2.24, 2.45) is 0 Å². The van der Waals surface area contributed by atoms with Crippen LogP contribution in [0.5, 0.6) is 0 Å². The van der Waals surface area contributed by atoms with E-state index in [2.05, 4.69) is 51.6 Å². The molecule has 1 spiro atoms. The number of para-hydroxylation sites is 1. The van der Waals surface area contributed by atoms with Gasteiger partial charge in [0.1, 0.15) is 0 Å². The molecule has 3 aliphatic heterocycles. The van der Waals surface area contributed by atoms with E-state index in [0.29, 0.717) is 5.41 Å². The molecule has 0 aromatic heterocycles. The van der Waals surface area contributed by atoms with Gasteiger partial charge in [0.2, 0.25) is 0 Å². The van der Waals surface area contributed by atoms with Crippen molar-refractivity contribution in [3.05, 3.63) is 29.8 Å². The second kappa shape index (κ2) is 6.06. The fraction of sp³-hybridized carbons (Fsp3) is 0.667. The average molecular weight is 318 g/mol. The van der Waals surface area contributed by atoms with Gasteiger partial charge in [-0.1, -0.05) is 31.0 Å². The van der Waals surface area contributed by atoms with Crippen molar-refractivity contribution in [2.75, 3.05) is 38.0 Å². The topological polar surface area (TPSA) is 18.5 Å². The van der Waals surface area contributed by atoms with Gasteiger partial charge in [-0.2, -0.15) is 0 Å². The number of likely N-dealkylation sites (tertiary alicyclic amines) is 1. The van der Waals surface area contributed by atoms with E-state index < -0.39 is 0 Å². The van der Waals surface area contributed by atoms with E-state index in [1.807, 2.05) is 0 Å². The lowest BCUT2D eigenvalue weighted by Gasteiger charge is -2.48. The molecular weight excluding hydrogens is 290 g/mol. The predicted octanol–water partition coefficient (Wildman–Crippen LogP) is 3.15. The van der Waals surface area contributed by atoms with E-state index in [0.717, 1.165) is 25.7 Å². The molecule has 3 aliphatic rings. The first-order valence-corrected chi connectivity index (χ1v) is 9.18. The number of benzene rings is 1. The summed E-state index contributed by atoms with van der Waals surface area (Å²) < 4.78 is 2.17. The van der Waals surface area contributed by atoms with Gasteiger partial charge < -0.3 is 10.2 Å². The average Bonchev–Trinajstić information content (AvgIpc) is 2.57. The third-order valence-corrected chi connectivity index (χ3v) is 6.53. The minimum absolute atomic E-state index is 0.433. The zero-order valence-electron chi connectivity index (χ0n) is 13.3. The molecule has 3 heterocycles. The van der Waals surface area contributed by atoms with Crippen LogP contribution in [0.2, 0.25) is 0 Å². The van der Waals surface area contributed by atoms with Crippen molar-refractivity contribution < 1.29 is 0 Å². The molecule has 0 bridgehead atoms. The summed E-state index contributed by atoms with van der Waals surface area (Å²) >= 11 is 4.48. The summed E-state index contributed by atoms with van der Waals surface area (Å²) in [7, 11) is 0. The summed E-state index contributed by atoms with van der Waals surface area (Å²) in [5, 5.41) is 3.59. The van der Waals surface area contributed by atoms with Crippen LogP contribution in [-0.2, 0) is 5.41 Å². The lowest BCUT2D eigenvalue weighted by atomic mass is 9.68. The molecule has 120 valence electrons. The lowest BCUT2D eigenvalue weighted by Crippen LogP contribution is -2.51. The minimum Gasteiger partial charge on any atom is -0.385 e. The fourth-order valence-electron chi connectivity index (χ4n) is 4.72. The summed E-state index contributed by atoms with van der Waals surface area (Å²) in [5.41, 5.74) is 3.39. The van der Waals surface area contributed by atoms with Gasteiger partial charge in [-0.05, 0) is 56.8 Å². The number of hydrogen-bond donors (Lipinski definition) is 2. The maximum Gasteiger partial charge on any atom is 0.0378 e. The van der Waals surface area contributed by atoms with E-state index in [1.54, 1.807) is 5.56 Å². The minimum atomic E-state index is 0.433. The van der Waals surface area contributed by atoms with Gasteiger partial charge in [-0.3, -0.25) is 4.31 Å². The van der Waals surface area contributed by atoms with E-state index in [9.17, 15) is 0 Å². The first-order chi connectivity index (χ1) is 10.8. The van der Waals surface area contributed by atoms with Crippen LogP contribution in [0.1, 0.15) is 37.7 Å². The third kappa shape index (κ3) is 2.66. The Balaban J connectivity index is 1.46. The molecule has 0 unspecified atom stereocenters. The molecule has 22 heavy (non-hydrogen) atoms. The summed E-state index contributed by atoms with van der Waals surface area (Å²) in [6.07, 6.45) is 6.52. The van der Waals surface area contributed by atoms with Crippen molar-refractivity contribution in [3.63, 3.8) is 0 Å². The predicted molar refractivity (Wildman–Crippen MR) is 95.6 cm³/mol. The quantitative estimate of drug-likeness (QED) is 0.776. The van der Waals surface area contributed by atoms with Gasteiger partial charge >= 0.3 is 0 Å². The van der Waals surface area contributed by atoms with Crippen LogP contribution < -0.4 is 5.32 Å². The highest BCUT2D eigenvalue weighted by molar-refractivity contribution is 7.77. The number of nitrogens with one attached hydrogen (secondary N) is 1. The van der Waals surface area contributed by atoms with Gasteiger partial charge in [0.25, 0.3) is 0 Å². The van der Waals surface area contributed by atoms with Crippen molar-refractivity contribution >= 4 is 18.5 Å². The van der Waals surface area contributed by atoms with E-state index in [4.69, 9.17) is 0 Å². The van der Waals surface area contributed by atoms with Crippen molar-refractivity contribution in [1.82, 2.24) is 9.21 Å². The largest absolute Gasteiger partial charge is 0.385 e. The van der Waals surface area contributed by atoms with Crippen molar-refractivity contribution in [3.8, 4) is 0 Å². The Kier molecular flexibility index (Phi) is 4.09. The molecule has 4 rings (SSSR count). The van der Waals surface area contributed by atoms with Crippen LogP contribution in [0, 0.1) is 0 Å². The Bertz CT molecular complexity index is 517. The molecule has 2 saturated heterocycles. The number of hydrogen-bond acceptors (Lipinski definition) is 4. The standard InChI is InChI=1S/C18H27N3S/c22-21-11-5-15(6-12-21)20-13-8-18(9-14-20)7-10-19-17-4-2-1-3-16(17)18/h1-4,15,19,22H,5-14H2. The molecule has 0 amide bonds. The zero-order valence-corrected chi connectivity index (χ0v) is 14.2. The molecule has 1 aromatic carbocycles. The van der Waals surface area contributed by atoms with Crippen LogP contribution in [0.3, 0.4) is 0 Å². The normalized spacial score (nSPS) is 26.6. The highest BCUT2D eigenvalue weighted by Gasteiger charge is 2.40. The fourth-order valence-corrected chi connectivity index (χ4v) is 4.96. The summed E-state index contributed by atoms with van der Waals surface area (Å²) in [6.45, 7) is 5.95. The first kappa shape index (κ1) is 14.9. The van der Waals surface area contributed by atoms with Gasteiger partial charge in [0, 0.05) is 36.8 Å². The molecule has 4 heteroatoms. The number of rotatable bonds is 1. The van der Waals surface area contributed by atoms with E-state index >= 15 is 0 Å². The molecule has 0 aliphatic carbocycles. The van der Waals surface area contributed by atoms with Crippen LogP contribution in [-0.4, -0.2) is 48.0 Å². The maximum absolute atomic E-state index is 4.48. The molecular formula is C18H27N3S. The van der Waals surface area contributed by atoms with Gasteiger partial charge in [0.15, 0.2) is 0 Å². The summed E-state index contributed by atoms with van der Waals surface area (Å²) in [5.74, 6) is 0. The van der Waals surface area contributed by atoms with Crippen molar-refractivity contribution in [2.45, 2.75) is 43.6 Å². The Hall–Kier alpha value is -0.710. The highest BCUT2D eigenvalue weighted by atomic mass is 32.1. The summed E-state index contributed by atoms with van der Waals surface area (Å²) in [6, 6.07) is 9.77. The SMILES string of the molecule is SN1CCC(N2CCC3(CCNc4ccccc43)CC2)CC1. The maximum atomic E-state index is 4.48. The van der Waals surface area contributed by atoms with Crippen molar-refractivity contribution in [1.29, 1.82) is 0 Å². The Labute approximate surface area is 139 Å². The van der Waals surface area contributed by atoms with E-state index in [1.165, 1.54) is 50.9 Å². The van der Waals surface area contributed by atoms with Crippen LogP contribution >= 0.6 is 12.8 Å². The molecule has 0 radical (unpaired) electrons. The number of fused-ring (bicyclic) bond motifs is 2. The van der Waals surface area contributed by atoms with Gasteiger partial charge in [-0.15, -0.1) is 0 Å². The smallest absolute Gasteiger partial charge is 0.0378 e. The molecule has 1 aromatic rings. The first-order valence-electron chi connectivity index (χ1n) is 8.78. The number of piperidine rings is 2. The highest BCUT2D eigenvalue weighted by Crippen LogP contribution is 2.45. The lowest BCUT2D eigenvalue weighted by molar-refractivity contribution is 0.0834. The Morgan fingerprint density at radius 3 is 2.50 bits per heavy atom. The molecule has 2 fully saturated rings. The zero-order chi connectivity index (χ0) is 15.0. The summed E-state index contributed by atoms with van der Waals surface area (Å²) in [4.78, 5) is 2.76. The molecule has 1 N–H and O–H groups in total. The monoisotopic (exact) mass is 317 g/mol. The van der Waals surface area contributed by atoms with E-state index in [-0.39, 0.29) is 0 Å². The van der Waals surface area contributed by atoms with Crippen LogP contribution in [0.25, 0.3) is 0 Å². The Morgan fingerprint density at radius 1 is 1.00 bits per heavy atom. The van der Waals surface area contributed by atoms with Crippen LogP contribution in [0.15, 0.2) is 24.3 Å². The number of thiol groups is 1.